The van der Waals surface area contributed by atoms with Gasteiger partial charge < -0.3 is 23.7 Å². The third-order valence-corrected chi connectivity index (χ3v) is 6.84. The van der Waals surface area contributed by atoms with Crippen LogP contribution in [0.3, 0.4) is 0 Å². The summed E-state index contributed by atoms with van der Waals surface area (Å²) in [7, 11) is 0. The minimum atomic E-state index is -0.760. The highest BCUT2D eigenvalue weighted by atomic mass is 16.7. The predicted octanol–water partition coefficient (Wildman–Crippen LogP) is 3.60. The zero-order chi connectivity index (χ0) is 27.1. The summed E-state index contributed by atoms with van der Waals surface area (Å²) in [5.74, 6) is -1.09. The zero-order valence-corrected chi connectivity index (χ0v) is 22.0. The van der Waals surface area contributed by atoms with Gasteiger partial charge in [0, 0.05) is 12.8 Å². The van der Waals surface area contributed by atoms with Crippen molar-refractivity contribution in [2.45, 2.75) is 58.4 Å². The average Bonchev–Trinajstić information content (AvgIpc) is 3.16. The Morgan fingerprint density at radius 2 is 1.55 bits per heavy atom. The van der Waals surface area contributed by atoms with Crippen molar-refractivity contribution in [2.24, 2.45) is 5.92 Å². The lowest BCUT2D eigenvalue weighted by Crippen LogP contribution is -2.56. The van der Waals surface area contributed by atoms with Crippen LogP contribution in [0.25, 0.3) is 0 Å². The summed E-state index contributed by atoms with van der Waals surface area (Å²) < 4.78 is 29.8. The van der Waals surface area contributed by atoms with Crippen LogP contribution in [0.4, 0.5) is 0 Å². The first-order valence-corrected chi connectivity index (χ1v) is 13.0. The first kappa shape index (κ1) is 27.9. The van der Waals surface area contributed by atoms with Crippen molar-refractivity contribution >= 4 is 17.8 Å². The van der Waals surface area contributed by atoms with E-state index in [1.54, 1.807) is 24.3 Å². The molecular formula is C29H35NO8. The smallest absolute Gasteiger partial charge is 0.303 e. The van der Waals surface area contributed by atoms with Gasteiger partial charge >= 0.3 is 5.97 Å². The number of imide groups is 1. The number of nitrogens with zero attached hydrogens (tertiary/aromatic N) is 1. The van der Waals surface area contributed by atoms with E-state index in [4.69, 9.17) is 23.7 Å². The molecular weight excluding hydrogens is 490 g/mol. The molecule has 9 nitrogen and oxygen atoms in total. The molecule has 1 fully saturated rings. The van der Waals surface area contributed by atoms with Gasteiger partial charge in [-0.05, 0) is 24.1 Å². The fraction of sp³-hybridized carbons (Fsp3) is 0.483. The summed E-state index contributed by atoms with van der Waals surface area (Å²) in [6, 6.07) is 16.5. The summed E-state index contributed by atoms with van der Waals surface area (Å²) >= 11 is 0. The summed E-state index contributed by atoms with van der Waals surface area (Å²) in [5, 5.41) is 0. The van der Waals surface area contributed by atoms with Crippen LogP contribution in [0.2, 0.25) is 0 Å². The van der Waals surface area contributed by atoms with Gasteiger partial charge in [-0.15, -0.1) is 0 Å². The number of benzene rings is 2. The molecule has 2 aromatic carbocycles. The molecule has 0 N–H and O–H groups in total. The largest absolute Gasteiger partial charge is 0.459 e. The van der Waals surface area contributed by atoms with Crippen LogP contribution in [-0.4, -0.2) is 73.7 Å². The van der Waals surface area contributed by atoms with Crippen molar-refractivity contribution in [1.82, 2.24) is 4.90 Å². The molecule has 0 aromatic heterocycles. The SMILES string of the molecule is CC[C@H]1O[C@H](OCCOCCN2C(=O)c3ccccc3C2=O)[C@@H](OCc2ccccc2)[C@@H](OC(C)=O)[C@@H]1C. The van der Waals surface area contributed by atoms with Gasteiger partial charge in [0.2, 0.25) is 0 Å². The number of hydrogen-bond donors (Lipinski definition) is 0. The van der Waals surface area contributed by atoms with Crippen LogP contribution in [0, 0.1) is 5.92 Å². The van der Waals surface area contributed by atoms with E-state index in [0.717, 1.165) is 12.0 Å². The highest BCUT2D eigenvalue weighted by Gasteiger charge is 2.46. The summed E-state index contributed by atoms with van der Waals surface area (Å²) in [6.07, 6.45) is -1.37. The minimum absolute atomic E-state index is 0.0829. The molecule has 5 atom stereocenters. The molecule has 0 bridgehead atoms. The van der Waals surface area contributed by atoms with Gasteiger partial charge in [-0.1, -0.05) is 56.3 Å². The van der Waals surface area contributed by atoms with Gasteiger partial charge in [0.1, 0.15) is 12.2 Å². The van der Waals surface area contributed by atoms with Crippen LogP contribution < -0.4 is 0 Å². The van der Waals surface area contributed by atoms with Crippen LogP contribution in [0.1, 0.15) is 53.5 Å². The third kappa shape index (κ3) is 6.47. The fourth-order valence-corrected chi connectivity index (χ4v) is 4.87. The molecule has 2 heterocycles. The van der Waals surface area contributed by atoms with E-state index < -0.39 is 18.5 Å². The van der Waals surface area contributed by atoms with Gasteiger partial charge in [-0.25, -0.2) is 0 Å². The number of ether oxygens (including phenoxy) is 5. The molecule has 9 heteroatoms. The van der Waals surface area contributed by atoms with E-state index in [1.807, 2.05) is 44.2 Å². The molecule has 38 heavy (non-hydrogen) atoms. The van der Waals surface area contributed by atoms with Gasteiger partial charge in [0.05, 0.1) is 50.2 Å². The number of carbonyl (C=O) groups excluding carboxylic acids is 3. The number of carbonyl (C=O) groups is 3. The maximum absolute atomic E-state index is 12.5. The van der Waals surface area contributed by atoms with E-state index >= 15 is 0 Å². The lowest BCUT2D eigenvalue weighted by atomic mass is 9.89. The molecule has 0 unspecified atom stereocenters. The van der Waals surface area contributed by atoms with Gasteiger partial charge in [0.15, 0.2) is 6.29 Å². The third-order valence-electron chi connectivity index (χ3n) is 6.84. The number of rotatable bonds is 12. The molecule has 4 rings (SSSR count). The lowest BCUT2D eigenvalue weighted by Gasteiger charge is -2.44. The number of esters is 1. The van der Waals surface area contributed by atoms with Gasteiger partial charge in [0.25, 0.3) is 11.8 Å². The molecule has 204 valence electrons. The number of fused-ring (bicyclic) bond motifs is 1. The minimum Gasteiger partial charge on any atom is -0.459 e. The first-order valence-electron chi connectivity index (χ1n) is 13.0. The Hall–Kier alpha value is -3.11. The van der Waals surface area contributed by atoms with E-state index in [2.05, 4.69) is 0 Å². The van der Waals surface area contributed by atoms with E-state index in [9.17, 15) is 14.4 Å². The molecule has 0 aliphatic carbocycles. The Balaban J connectivity index is 1.31. The highest BCUT2D eigenvalue weighted by Crippen LogP contribution is 2.33. The molecule has 2 aliphatic heterocycles. The van der Waals surface area contributed by atoms with Crippen molar-refractivity contribution in [3.63, 3.8) is 0 Å². The number of amides is 2. The Bertz CT molecular complexity index is 1070. The first-order chi connectivity index (χ1) is 18.4. The second-order valence-corrected chi connectivity index (χ2v) is 9.44. The summed E-state index contributed by atoms with van der Waals surface area (Å²) in [4.78, 5) is 38.1. The van der Waals surface area contributed by atoms with Crippen LogP contribution >= 0.6 is 0 Å². The predicted molar refractivity (Wildman–Crippen MR) is 137 cm³/mol. The molecule has 2 amide bonds. The zero-order valence-electron chi connectivity index (χ0n) is 22.0. The fourth-order valence-electron chi connectivity index (χ4n) is 4.87. The molecule has 0 radical (unpaired) electrons. The summed E-state index contributed by atoms with van der Waals surface area (Å²) in [5.41, 5.74) is 1.81. The highest BCUT2D eigenvalue weighted by molar-refractivity contribution is 6.21. The molecule has 2 aliphatic rings. The Labute approximate surface area is 222 Å². The molecule has 1 saturated heterocycles. The maximum atomic E-state index is 12.5. The Kier molecular flexibility index (Phi) is 9.63. The molecule has 2 aromatic rings. The lowest BCUT2D eigenvalue weighted by molar-refractivity contribution is -0.299. The van der Waals surface area contributed by atoms with E-state index in [0.29, 0.717) is 17.7 Å². The average molecular weight is 526 g/mol. The van der Waals surface area contributed by atoms with E-state index in [1.165, 1.54) is 11.8 Å². The molecule has 0 spiro atoms. The van der Waals surface area contributed by atoms with Crippen LogP contribution in [0.5, 0.6) is 0 Å². The van der Waals surface area contributed by atoms with Crippen molar-refractivity contribution in [3.05, 3.63) is 71.3 Å². The number of hydrogen-bond acceptors (Lipinski definition) is 8. The maximum Gasteiger partial charge on any atom is 0.303 e. The second-order valence-electron chi connectivity index (χ2n) is 9.44. The second kappa shape index (κ2) is 13.1. The normalized spacial score (nSPS) is 24.9. The van der Waals surface area contributed by atoms with E-state index in [-0.39, 0.29) is 56.2 Å². The monoisotopic (exact) mass is 525 g/mol. The van der Waals surface area contributed by atoms with Gasteiger partial charge in [-0.2, -0.15) is 0 Å². The van der Waals surface area contributed by atoms with Crippen molar-refractivity contribution in [3.8, 4) is 0 Å². The standard InChI is InChI=1S/C29H35NO8/c1-4-24-19(2)25(37-20(3)31)26(36-18-21-10-6-5-7-11-21)29(38-24)35-17-16-34-15-14-30-27(32)22-12-8-9-13-23(22)28(30)33/h5-13,19,24-26,29H,4,14-18H2,1-3H3/t19-,24-,25+,26+,29+/m1/s1. The van der Waals surface area contributed by atoms with Crippen molar-refractivity contribution in [2.75, 3.05) is 26.4 Å². The van der Waals surface area contributed by atoms with Crippen molar-refractivity contribution < 1.29 is 38.1 Å². The molecule has 0 saturated carbocycles. The topological polar surface area (TPSA) is 101 Å². The summed E-state index contributed by atoms with van der Waals surface area (Å²) in [6.45, 7) is 6.44. The Morgan fingerprint density at radius 3 is 2.18 bits per heavy atom. The van der Waals surface area contributed by atoms with Gasteiger partial charge in [-0.3, -0.25) is 19.3 Å². The Morgan fingerprint density at radius 1 is 0.895 bits per heavy atom. The van der Waals surface area contributed by atoms with Crippen LogP contribution in [0.15, 0.2) is 54.6 Å². The quantitative estimate of drug-likeness (QED) is 0.235. The van der Waals surface area contributed by atoms with Crippen molar-refractivity contribution in [1.29, 1.82) is 0 Å². The van der Waals surface area contributed by atoms with Crippen LogP contribution in [-0.2, 0) is 35.1 Å².